The van der Waals surface area contributed by atoms with E-state index in [1.165, 1.54) is 0 Å². The number of Topliss-reactive ketones (excluding diaryl/α,β-unsaturated/α-hetero) is 1. The molecule has 102 valence electrons. The van der Waals surface area contributed by atoms with Crippen LogP contribution >= 0.6 is 0 Å². The van der Waals surface area contributed by atoms with Crippen molar-refractivity contribution in [1.82, 2.24) is 5.32 Å². The number of carbonyl (C=O) groups excluding carboxylic acids is 2. The highest BCUT2D eigenvalue weighted by atomic mass is 16.6. The van der Waals surface area contributed by atoms with Crippen molar-refractivity contribution in [3.8, 4) is 5.75 Å². The Morgan fingerprint density at radius 2 is 2.05 bits per heavy atom. The van der Waals surface area contributed by atoms with E-state index in [1.54, 1.807) is 45.0 Å². The van der Waals surface area contributed by atoms with Gasteiger partial charge in [0.1, 0.15) is 24.0 Å². The van der Waals surface area contributed by atoms with E-state index >= 15 is 0 Å². The highest BCUT2D eigenvalue weighted by molar-refractivity contribution is 6.04. The molecule has 0 spiro atoms. The quantitative estimate of drug-likeness (QED) is 0.843. The van der Waals surface area contributed by atoms with Gasteiger partial charge >= 0.3 is 6.09 Å². The van der Waals surface area contributed by atoms with Gasteiger partial charge in [-0.1, -0.05) is 12.1 Å². The predicted octanol–water partition coefficient (Wildman–Crippen LogP) is 2.16. The van der Waals surface area contributed by atoms with Gasteiger partial charge < -0.3 is 14.8 Å². The lowest BCUT2D eigenvalue weighted by molar-refractivity contribution is 0.0464. The van der Waals surface area contributed by atoms with Crippen molar-refractivity contribution in [1.29, 1.82) is 0 Å². The molecule has 1 aliphatic rings. The molecule has 1 aromatic rings. The van der Waals surface area contributed by atoms with Crippen LogP contribution in [-0.2, 0) is 4.74 Å². The molecule has 0 fully saturated rings. The van der Waals surface area contributed by atoms with Crippen molar-refractivity contribution in [2.75, 3.05) is 6.61 Å². The first-order valence-corrected chi connectivity index (χ1v) is 6.12. The van der Waals surface area contributed by atoms with Crippen LogP contribution in [0.4, 0.5) is 4.79 Å². The van der Waals surface area contributed by atoms with Crippen LogP contribution in [0, 0.1) is 0 Å². The third-order valence-electron chi connectivity index (χ3n) is 2.57. The van der Waals surface area contributed by atoms with Gasteiger partial charge in [-0.05, 0) is 32.9 Å². The molecule has 1 aromatic carbocycles. The van der Waals surface area contributed by atoms with Crippen LogP contribution in [0.25, 0.3) is 0 Å². The van der Waals surface area contributed by atoms with Crippen LogP contribution < -0.4 is 10.1 Å². The molecule has 1 aliphatic heterocycles. The van der Waals surface area contributed by atoms with E-state index in [-0.39, 0.29) is 12.4 Å². The van der Waals surface area contributed by atoms with Crippen molar-refractivity contribution < 1.29 is 19.1 Å². The van der Waals surface area contributed by atoms with Gasteiger partial charge in [-0.25, -0.2) is 4.79 Å². The Bertz CT molecular complexity index is 504. The molecule has 1 heterocycles. The molecular weight excluding hydrogens is 246 g/mol. The van der Waals surface area contributed by atoms with Gasteiger partial charge in [-0.3, -0.25) is 4.79 Å². The van der Waals surface area contributed by atoms with Crippen LogP contribution in [0.2, 0.25) is 0 Å². The van der Waals surface area contributed by atoms with Gasteiger partial charge in [0.2, 0.25) is 0 Å². The fourth-order valence-corrected chi connectivity index (χ4v) is 1.79. The van der Waals surface area contributed by atoms with Crippen LogP contribution in [0.1, 0.15) is 31.1 Å². The molecule has 0 bridgehead atoms. The van der Waals surface area contributed by atoms with Gasteiger partial charge in [0.25, 0.3) is 0 Å². The van der Waals surface area contributed by atoms with Crippen molar-refractivity contribution in [3.05, 3.63) is 29.8 Å². The smallest absolute Gasteiger partial charge is 0.408 e. The number of ketones is 1. The summed E-state index contributed by atoms with van der Waals surface area (Å²) in [7, 11) is 0. The van der Waals surface area contributed by atoms with E-state index < -0.39 is 17.7 Å². The fraction of sp³-hybridized carbons (Fsp3) is 0.429. The normalized spacial score (nSPS) is 18.3. The molecule has 1 atom stereocenters. The van der Waals surface area contributed by atoms with E-state index in [4.69, 9.17) is 9.47 Å². The Hall–Kier alpha value is -2.04. The van der Waals surface area contributed by atoms with Gasteiger partial charge in [0.15, 0.2) is 5.78 Å². The molecule has 0 aromatic heterocycles. The minimum atomic E-state index is -0.704. The van der Waals surface area contributed by atoms with Crippen molar-refractivity contribution in [2.24, 2.45) is 0 Å². The molecule has 2 rings (SSSR count). The van der Waals surface area contributed by atoms with Gasteiger partial charge in [-0.15, -0.1) is 0 Å². The topological polar surface area (TPSA) is 64.6 Å². The maximum absolute atomic E-state index is 12.2. The van der Waals surface area contributed by atoms with E-state index in [9.17, 15) is 9.59 Å². The summed E-state index contributed by atoms with van der Waals surface area (Å²) in [5.41, 5.74) is -0.115. The molecule has 0 radical (unpaired) electrons. The number of rotatable bonds is 1. The average Bonchev–Trinajstić information content (AvgIpc) is 2.31. The van der Waals surface area contributed by atoms with Gasteiger partial charge in [-0.2, -0.15) is 0 Å². The number of carbonyl (C=O) groups is 2. The second-order valence-electron chi connectivity index (χ2n) is 5.37. The van der Waals surface area contributed by atoms with Gasteiger partial charge in [0, 0.05) is 0 Å². The fourth-order valence-electron chi connectivity index (χ4n) is 1.79. The number of hydrogen-bond acceptors (Lipinski definition) is 4. The number of amides is 1. The van der Waals surface area contributed by atoms with Crippen LogP contribution in [0.3, 0.4) is 0 Å². The molecule has 19 heavy (non-hydrogen) atoms. The standard InChI is InChI=1S/C14H17NO4/c1-14(2,3)19-13(17)15-10-8-18-11-7-5-4-6-9(11)12(10)16/h4-7,10H,8H2,1-3H3,(H,15,17). The van der Waals surface area contributed by atoms with Crippen molar-refractivity contribution in [2.45, 2.75) is 32.4 Å². The minimum Gasteiger partial charge on any atom is -0.490 e. The number of hydrogen-bond donors (Lipinski definition) is 1. The molecule has 1 unspecified atom stereocenters. The van der Waals surface area contributed by atoms with E-state index in [0.717, 1.165) is 0 Å². The Labute approximate surface area is 111 Å². The maximum Gasteiger partial charge on any atom is 0.408 e. The molecule has 1 N–H and O–H groups in total. The lowest BCUT2D eigenvalue weighted by Crippen LogP contribution is -2.48. The summed E-state index contributed by atoms with van der Waals surface area (Å²) in [6.45, 7) is 5.41. The number of benzene rings is 1. The Morgan fingerprint density at radius 3 is 2.74 bits per heavy atom. The zero-order chi connectivity index (χ0) is 14.0. The molecule has 0 saturated carbocycles. The zero-order valence-electron chi connectivity index (χ0n) is 11.2. The molecule has 5 heteroatoms. The zero-order valence-corrected chi connectivity index (χ0v) is 11.2. The first kappa shape index (κ1) is 13.4. The molecule has 5 nitrogen and oxygen atoms in total. The molecule has 0 saturated heterocycles. The molecule has 1 amide bonds. The summed E-state index contributed by atoms with van der Waals surface area (Å²) in [5, 5.41) is 2.53. The summed E-state index contributed by atoms with van der Waals surface area (Å²) >= 11 is 0. The highest BCUT2D eigenvalue weighted by Crippen LogP contribution is 2.24. The lowest BCUT2D eigenvalue weighted by atomic mass is 10.0. The first-order chi connectivity index (χ1) is 8.87. The van der Waals surface area contributed by atoms with Crippen molar-refractivity contribution in [3.63, 3.8) is 0 Å². The number of ether oxygens (including phenoxy) is 2. The van der Waals surface area contributed by atoms with E-state index in [1.807, 2.05) is 0 Å². The van der Waals surface area contributed by atoms with Gasteiger partial charge in [0.05, 0.1) is 5.56 Å². The Kier molecular flexibility index (Phi) is 3.46. The van der Waals surface area contributed by atoms with Crippen molar-refractivity contribution >= 4 is 11.9 Å². The lowest BCUT2D eigenvalue weighted by Gasteiger charge is -2.26. The molecule has 0 aliphatic carbocycles. The SMILES string of the molecule is CC(C)(C)OC(=O)NC1COc2ccccc2C1=O. The average molecular weight is 263 g/mol. The Balaban J connectivity index is 2.05. The maximum atomic E-state index is 12.2. The Morgan fingerprint density at radius 1 is 1.37 bits per heavy atom. The second kappa shape index (κ2) is 4.91. The van der Waals surface area contributed by atoms with E-state index in [0.29, 0.717) is 11.3 Å². The molecular formula is C14H17NO4. The van der Waals surface area contributed by atoms with E-state index in [2.05, 4.69) is 5.32 Å². The number of alkyl carbamates (subject to hydrolysis) is 1. The minimum absolute atomic E-state index is 0.120. The van der Waals surface area contributed by atoms with Crippen LogP contribution in [-0.4, -0.2) is 30.1 Å². The third-order valence-corrected chi connectivity index (χ3v) is 2.57. The third kappa shape index (κ3) is 3.24. The monoisotopic (exact) mass is 263 g/mol. The predicted molar refractivity (Wildman–Crippen MR) is 69.4 cm³/mol. The van der Waals surface area contributed by atoms with Crippen LogP contribution in [0.15, 0.2) is 24.3 Å². The number of para-hydroxylation sites is 1. The summed E-state index contributed by atoms with van der Waals surface area (Å²) in [6, 6.07) is 6.27. The van der Waals surface area contributed by atoms with Crippen LogP contribution in [0.5, 0.6) is 5.75 Å². The highest BCUT2D eigenvalue weighted by Gasteiger charge is 2.31. The largest absolute Gasteiger partial charge is 0.490 e. The summed E-state index contributed by atoms with van der Waals surface area (Å²) in [6.07, 6.45) is -0.617. The summed E-state index contributed by atoms with van der Waals surface area (Å²) < 4.78 is 10.6. The number of nitrogens with one attached hydrogen (secondary N) is 1. The second-order valence-corrected chi connectivity index (χ2v) is 5.37. The number of fused-ring (bicyclic) bond motifs is 1. The summed E-state index contributed by atoms with van der Waals surface area (Å²) in [4.78, 5) is 23.8. The summed E-state index contributed by atoms with van der Waals surface area (Å²) in [5.74, 6) is 0.391. The first-order valence-electron chi connectivity index (χ1n) is 6.12.